The Balaban J connectivity index is 1.84. The topological polar surface area (TPSA) is 204 Å². The lowest BCUT2D eigenvalue weighted by atomic mass is 10.2. The van der Waals surface area contributed by atoms with Gasteiger partial charge in [0.2, 0.25) is 0 Å². The van der Waals surface area contributed by atoms with Crippen LogP contribution in [0.1, 0.15) is 0 Å². The number of hydrogen-bond acceptors (Lipinski definition) is 10. The highest BCUT2D eigenvalue weighted by atomic mass is 35.5. The Bertz CT molecular complexity index is 1680. The molecular formula is C18H10Cl2N4O8S2. The van der Waals surface area contributed by atoms with E-state index in [9.17, 15) is 25.9 Å². The molecule has 0 amide bonds. The summed E-state index contributed by atoms with van der Waals surface area (Å²) in [5.41, 5.74) is 10.7. The van der Waals surface area contributed by atoms with Crippen molar-refractivity contribution in [1.82, 2.24) is 0 Å². The van der Waals surface area contributed by atoms with Gasteiger partial charge < -0.3 is 20.9 Å². The van der Waals surface area contributed by atoms with E-state index in [-0.39, 0.29) is 66.5 Å². The number of benzene rings is 3. The normalized spacial score (nSPS) is 13.8. The van der Waals surface area contributed by atoms with Gasteiger partial charge in [0.15, 0.2) is 32.8 Å². The van der Waals surface area contributed by atoms with E-state index < -0.39 is 30.0 Å². The molecule has 0 spiro atoms. The lowest BCUT2D eigenvalue weighted by Crippen LogP contribution is -2.23. The van der Waals surface area contributed by atoms with Crippen LogP contribution < -0.4 is 31.7 Å². The fourth-order valence-electron chi connectivity index (χ4n) is 3.49. The molecule has 2 aliphatic rings. The van der Waals surface area contributed by atoms with Gasteiger partial charge in [0.1, 0.15) is 32.1 Å². The highest BCUT2D eigenvalue weighted by Crippen LogP contribution is 2.48. The second-order valence-corrected chi connectivity index (χ2v) is 10.5. The van der Waals surface area contributed by atoms with Crippen molar-refractivity contribution < 1.29 is 35.4 Å². The van der Waals surface area contributed by atoms with Gasteiger partial charge in [0.25, 0.3) is 20.2 Å². The van der Waals surface area contributed by atoms with Gasteiger partial charge >= 0.3 is 0 Å². The van der Waals surface area contributed by atoms with Crippen molar-refractivity contribution in [3.63, 3.8) is 0 Å². The highest BCUT2D eigenvalue weighted by molar-refractivity contribution is 7.86. The molecule has 3 aromatic rings. The summed E-state index contributed by atoms with van der Waals surface area (Å²) in [5.74, 6) is -1.19. The Morgan fingerprint density at radius 2 is 1.03 bits per heavy atom. The van der Waals surface area contributed by atoms with Crippen LogP contribution in [0.2, 0.25) is 10.0 Å². The minimum absolute atomic E-state index is 0.0525. The quantitative estimate of drug-likeness (QED) is 0.189. The van der Waals surface area contributed by atoms with Gasteiger partial charge in [-0.05, 0) is 24.3 Å². The SMILES string of the molecule is Nc1ccc2c(c1S(=O)(=O)O)Oc1c(Cl)c3c(c(Cl)c1=N2)Oc1c(ccc(N)c1S(=O)(=O)O)N=3. The first-order valence-electron chi connectivity index (χ1n) is 8.93. The van der Waals surface area contributed by atoms with Crippen LogP contribution in [-0.4, -0.2) is 25.9 Å². The minimum atomic E-state index is -4.81. The van der Waals surface area contributed by atoms with E-state index in [1.807, 2.05) is 0 Å². The number of nitrogens with zero attached hydrogens (tertiary/aromatic N) is 2. The first kappa shape index (κ1) is 22.6. The molecule has 0 fully saturated rings. The Labute approximate surface area is 200 Å². The third kappa shape index (κ3) is 3.26. The first-order valence-corrected chi connectivity index (χ1v) is 12.6. The Kier molecular flexibility index (Phi) is 4.78. The van der Waals surface area contributed by atoms with Gasteiger partial charge in [-0.3, -0.25) is 9.11 Å². The molecule has 0 saturated heterocycles. The molecule has 34 heavy (non-hydrogen) atoms. The summed E-state index contributed by atoms with van der Waals surface area (Å²) in [6.45, 7) is 0. The van der Waals surface area contributed by atoms with Gasteiger partial charge in [0, 0.05) is 0 Å². The van der Waals surface area contributed by atoms with Crippen LogP contribution in [0, 0.1) is 0 Å². The number of ether oxygens (including phenoxy) is 2. The maximum absolute atomic E-state index is 11.9. The summed E-state index contributed by atoms with van der Waals surface area (Å²) in [4.78, 5) is 7.08. The smallest absolute Gasteiger partial charge is 0.300 e. The second kappa shape index (κ2) is 7.18. The third-order valence-corrected chi connectivity index (χ3v) is 7.45. The first-order chi connectivity index (χ1) is 15.8. The summed E-state index contributed by atoms with van der Waals surface area (Å²) < 4.78 is 78.1. The maximum Gasteiger partial charge on any atom is 0.300 e. The molecule has 0 radical (unpaired) electrons. The lowest BCUT2D eigenvalue weighted by Gasteiger charge is -2.23. The molecule has 0 unspecified atom stereocenters. The van der Waals surface area contributed by atoms with Crippen molar-refractivity contribution in [2.45, 2.75) is 9.79 Å². The van der Waals surface area contributed by atoms with Crippen molar-refractivity contribution in [2.24, 2.45) is 9.98 Å². The Morgan fingerprint density at radius 3 is 1.35 bits per heavy atom. The number of halogens is 2. The summed E-state index contributed by atoms with van der Waals surface area (Å²) >= 11 is 12.9. The minimum Gasteiger partial charge on any atom is -0.450 e. The number of anilines is 2. The number of hydrogen-bond donors (Lipinski definition) is 4. The van der Waals surface area contributed by atoms with Crippen LogP contribution in [0.25, 0.3) is 0 Å². The van der Waals surface area contributed by atoms with E-state index in [2.05, 4.69) is 9.98 Å². The average molecular weight is 545 g/mol. The van der Waals surface area contributed by atoms with Crippen LogP contribution in [0.15, 0.2) is 44.0 Å². The molecule has 0 saturated carbocycles. The van der Waals surface area contributed by atoms with Crippen LogP contribution in [0.5, 0.6) is 23.0 Å². The Hall–Kier alpha value is -3.14. The number of nitrogen functional groups attached to an aromatic ring is 2. The lowest BCUT2D eigenvalue weighted by molar-refractivity contribution is 0.428. The summed E-state index contributed by atoms with van der Waals surface area (Å²) in [6.07, 6.45) is 0. The van der Waals surface area contributed by atoms with Gasteiger partial charge in [-0.25, -0.2) is 9.98 Å². The molecule has 0 bridgehead atoms. The van der Waals surface area contributed by atoms with Gasteiger partial charge in [-0.15, -0.1) is 0 Å². The molecule has 176 valence electrons. The number of rotatable bonds is 2. The van der Waals surface area contributed by atoms with E-state index in [0.29, 0.717) is 0 Å². The van der Waals surface area contributed by atoms with Crippen LogP contribution in [-0.2, 0) is 20.2 Å². The fourth-order valence-corrected chi connectivity index (χ4v) is 5.50. The standard InChI is InChI=1S/C18H10Cl2N4O8S2/c19-9-11-15(31-13-7(23-11)3-1-5(21)17(13)33(25,26)27)10(20)12-16(9)32-14-8(24-12)4-2-6(22)18(14)34(28,29)30/h1-4H,21-22H2,(H,25,26,27)(H,28,29,30). The predicted molar refractivity (Wildman–Crippen MR) is 120 cm³/mol. The zero-order valence-electron chi connectivity index (χ0n) is 16.3. The highest BCUT2D eigenvalue weighted by Gasteiger charge is 2.33. The van der Waals surface area contributed by atoms with E-state index in [4.69, 9.17) is 44.1 Å². The van der Waals surface area contributed by atoms with Crippen molar-refractivity contribution in [3.8, 4) is 23.0 Å². The molecule has 5 rings (SSSR count). The van der Waals surface area contributed by atoms with Crippen molar-refractivity contribution in [3.05, 3.63) is 45.0 Å². The fraction of sp³-hybridized carbons (Fsp3) is 0. The van der Waals surface area contributed by atoms with E-state index in [0.717, 1.165) is 0 Å². The number of nitrogens with two attached hydrogens (primary N) is 2. The molecule has 6 N–H and O–H groups in total. The van der Waals surface area contributed by atoms with E-state index in [1.165, 1.54) is 24.3 Å². The second-order valence-electron chi connectivity index (χ2n) is 7.03. The Morgan fingerprint density at radius 1 is 0.676 bits per heavy atom. The van der Waals surface area contributed by atoms with Gasteiger partial charge in [-0.2, -0.15) is 16.8 Å². The number of fused-ring (bicyclic) bond motifs is 4. The average Bonchev–Trinajstić information content (AvgIpc) is 2.73. The molecule has 0 aromatic heterocycles. The summed E-state index contributed by atoms with van der Waals surface area (Å²) in [7, 11) is -9.61. The zero-order valence-corrected chi connectivity index (χ0v) is 19.4. The van der Waals surface area contributed by atoms with Gasteiger partial charge in [0.05, 0.1) is 11.4 Å². The molecule has 0 aliphatic carbocycles. The monoisotopic (exact) mass is 544 g/mol. The van der Waals surface area contributed by atoms with Crippen LogP contribution in [0.3, 0.4) is 0 Å². The molecule has 2 aliphatic heterocycles. The maximum atomic E-state index is 11.9. The van der Waals surface area contributed by atoms with Gasteiger partial charge in [-0.1, -0.05) is 23.2 Å². The van der Waals surface area contributed by atoms with Crippen LogP contribution >= 0.6 is 23.2 Å². The molecule has 0 atom stereocenters. The molecule has 3 aromatic carbocycles. The molecule has 2 heterocycles. The van der Waals surface area contributed by atoms with Crippen molar-refractivity contribution in [2.75, 3.05) is 11.5 Å². The van der Waals surface area contributed by atoms with Crippen LogP contribution in [0.4, 0.5) is 22.7 Å². The van der Waals surface area contributed by atoms with Crippen molar-refractivity contribution >= 4 is 66.2 Å². The zero-order chi connectivity index (χ0) is 24.7. The predicted octanol–water partition coefficient (Wildman–Crippen LogP) is 2.77. The van der Waals surface area contributed by atoms with Crippen molar-refractivity contribution in [1.29, 1.82) is 0 Å². The molecule has 16 heteroatoms. The summed E-state index contributed by atoms with van der Waals surface area (Å²) in [6, 6.07) is 5.03. The van der Waals surface area contributed by atoms with E-state index in [1.54, 1.807) is 0 Å². The van der Waals surface area contributed by atoms with E-state index >= 15 is 0 Å². The molecular weight excluding hydrogens is 535 g/mol. The summed E-state index contributed by atoms with van der Waals surface area (Å²) in [5, 5.41) is -0.633. The third-order valence-electron chi connectivity index (χ3n) is 4.88. The largest absolute Gasteiger partial charge is 0.450 e. The molecule has 12 nitrogen and oxygen atoms in total.